The topological polar surface area (TPSA) is 25.8 Å². The van der Waals surface area contributed by atoms with E-state index in [0.29, 0.717) is 11.7 Å². The Hall–Kier alpha value is -1.41. The Morgan fingerprint density at radius 1 is 1.12 bits per heavy atom. The van der Waals surface area contributed by atoms with Crippen LogP contribution in [-0.2, 0) is 5.88 Å². The van der Waals surface area contributed by atoms with Gasteiger partial charge in [0, 0.05) is 11.8 Å². The van der Waals surface area contributed by atoms with Gasteiger partial charge >= 0.3 is 0 Å². The van der Waals surface area contributed by atoms with Crippen molar-refractivity contribution in [2.24, 2.45) is 0 Å². The van der Waals surface area contributed by atoms with Gasteiger partial charge in [0.15, 0.2) is 0 Å². The highest BCUT2D eigenvalue weighted by molar-refractivity contribution is 6.16. The Balaban J connectivity index is 2.60. The van der Waals surface area contributed by atoms with E-state index in [1.54, 1.807) is 6.20 Å². The summed E-state index contributed by atoms with van der Waals surface area (Å²) in [5, 5.41) is 0. The van der Waals surface area contributed by atoms with Crippen LogP contribution in [0.3, 0.4) is 0 Å². The van der Waals surface area contributed by atoms with E-state index in [2.05, 4.69) is 42.9 Å². The first-order valence-corrected chi connectivity index (χ1v) is 6.11. The van der Waals surface area contributed by atoms with Crippen LogP contribution in [0.4, 0.5) is 0 Å². The highest BCUT2D eigenvalue weighted by Gasteiger charge is 2.08. The zero-order valence-corrected chi connectivity index (χ0v) is 11.0. The van der Waals surface area contributed by atoms with Gasteiger partial charge in [0.1, 0.15) is 5.82 Å². The molecule has 0 aliphatic carbocycles. The van der Waals surface area contributed by atoms with Crippen LogP contribution >= 0.6 is 11.6 Å². The third-order valence-electron chi connectivity index (χ3n) is 2.76. The van der Waals surface area contributed by atoms with Gasteiger partial charge in [-0.2, -0.15) is 0 Å². The highest BCUT2D eigenvalue weighted by Crippen LogP contribution is 2.26. The third kappa shape index (κ3) is 2.47. The van der Waals surface area contributed by atoms with Crippen molar-refractivity contribution in [1.29, 1.82) is 0 Å². The van der Waals surface area contributed by atoms with E-state index in [1.165, 1.54) is 22.3 Å². The Bertz CT molecular complexity index is 527. The summed E-state index contributed by atoms with van der Waals surface area (Å²) in [5.74, 6) is 1.01. The second-order valence-corrected chi connectivity index (χ2v) is 4.53. The van der Waals surface area contributed by atoms with Crippen LogP contribution in [0, 0.1) is 20.8 Å². The molecular weight excluding hydrogens is 232 g/mol. The molecule has 0 fully saturated rings. The molecule has 0 saturated carbocycles. The lowest BCUT2D eigenvalue weighted by molar-refractivity contribution is 1.03. The average molecular weight is 247 g/mol. The van der Waals surface area contributed by atoms with Gasteiger partial charge in [0.25, 0.3) is 0 Å². The maximum Gasteiger partial charge on any atom is 0.143 e. The van der Waals surface area contributed by atoms with E-state index in [-0.39, 0.29) is 0 Å². The maximum atomic E-state index is 5.77. The second-order valence-electron chi connectivity index (χ2n) is 4.27. The molecule has 0 radical (unpaired) electrons. The van der Waals surface area contributed by atoms with Crippen molar-refractivity contribution in [2.45, 2.75) is 26.7 Å². The molecule has 0 spiro atoms. The van der Waals surface area contributed by atoms with Crippen molar-refractivity contribution in [2.75, 3.05) is 0 Å². The number of alkyl halides is 1. The zero-order chi connectivity index (χ0) is 12.4. The second kappa shape index (κ2) is 4.84. The molecule has 0 N–H and O–H groups in total. The summed E-state index contributed by atoms with van der Waals surface area (Å²) < 4.78 is 0. The fourth-order valence-corrected chi connectivity index (χ4v) is 2.32. The number of benzene rings is 1. The molecule has 1 heterocycles. The SMILES string of the molecule is Cc1cc(C)c(-c2ccnc(CCl)n2)c(C)c1. The Morgan fingerprint density at radius 2 is 1.76 bits per heavy atom. The van der Waals surface area contributed by atoms with Crippen molar-refractivity contribution >= 4 is 11.6 Å². The Labute approximate surface area is 107 Å². The summed E-state index contributed by atoms with van der Waals surface area (Å²) in [6.45, 7) is 6.32. The van der Waals surface area contributed by atoms with Crippen molar-refractivity contribution in [1.82, 2.24) is 9.97 Å². The Kier molecular flexibility index (Phi) is 3.43. The zero-order valence-electron chi connectivity index (χ0n) is 10.3. The average Bonchev–Trinajstić information content (AvgIpc) is 2.28. The summed E-state index contributed by atoms with van der Waals surface area (Å²) >= 11 is 5.77. The fourth-order valence-electron chi connectivity index (χ4n) is 2.19. The molecule has 0 atom stereocenters. The quantitative estimate of drug-likeness (QED) is 0.753. The molecule has 17 heavy (non-hydrogen) atoms. The molecule has 0 amide bonds. The van der Waals surface area contributed by atoms with Gasteiger partial charge in [0.2, 0.25) is 0 Å². The van der Waals surface area contributed by atoms with E-state index in [9.17, 15) is 0 Å². The summed E-state index contributed by atoms with van der Waals surface area (Å²) in [7, 11) is 0. The highest BCUT2D eigenvalue weighted by atomic mass is 35.5. The molecule has 0 aliphatic rings. The van der Waals surface area contributed by atoms with Crippen molar-refractivity contribution in [3.05, 3.63) is 46.9 Å². The van der Waals surface area contributed by atoms with Crippen molar-refractivity contribution < 1.29 is 0 Å². The molecule has 0 unspecified atom stereocenters. The Morgan fingerprint density at radius 3 is 2.35 bits per heavy atom. The van der Waals surface area contributed by atoms with E-state index in [0.717, 1.165) is 5.69 Å². The van der Waals surface area contributed by atoms with Crippen LogP contribution in [0.25, 0.3) is 11.3 Å². The number of nitrogens with zero attached hydrogens (tertiary/aromatic N) is 2. The molecule has 1 aromatic carbocycles. The van der Waals surface area contributed by atoms with E-state index in [4.69, 9.17) is 11.6 Å². The minimum Gasteiger partial charge on any atom is -0.240 e. The van der Waals surface area contributed by atoms with Crippen LogP contribution in [0.1, 0.15) is 22.5 Å². The van der Waals surface area contributed by atoms with Crippen LogP contribution in [0.2, 0.25) is 0 Å². The van der Waals surface area contributed by atoms with Gasteiger partial charge < -0.3 is 0 Å². The molecule has 2 nitrogen and oxygen atoms in total. The molecule has 2 rings (SSSR count). The first-order valence-electron chi connectivity index (χ1n) is 5.58. The lowest BCUT2D eigenvalue weighted by atomic mass is 9.97. The number of aromatic nitrogens is 2. The minimum absolute atomic E-state index is 0.345. The first kappa shape index (κ1) is 12.1. The molecular formula is C14H15ClN2. The van der Waals surface area contributed by atoms with Crippen LogP contribution in [0.5, 0.6) is 0 Å². The lowest BCUT2D eigenvalue weighted by Crippen LogP contribution is -1.96. The van der Waals surface area contributed by atoms with Gasteiger partial charge in [-0.05, 0) is 38.0 Å². The number of halogens is 1. The molecule has 3 heteroatoms. The monoisotopic (exact) mass is 246 g/mol. The molecule has 0 saturated heterocycles. The predicted molar refractivity (Wildman–Crippen MR) is 71.2 cm³/mol. The standard InChI is InChI=1S/C14H15ClN2/c1-9-6-10(2)14(11(3)7-9)12-4-5-16-13(8-15)17-12/h4-7H,8H2,1-3H3. The van der Waals surface area contributed by atoms with Crippen LogP contribution in [0.15, 0.2) is 24.4 Å². The normalized spacial score (nSPS) is 10.6. The van der Waals surface area contributed by atoms with Crippen LogP contribution < -0.4 is 0 Å². The molecule has 2 aromatic rings. The van der Waals surface area contributed by atoms with Gasteiger partial charge in [-0.15, -0.1) is 11.6 Å². The fraction of sp³-hybridized carbons (Fsp3) is 0.286. The molecule has 1 aromatic heterocycles. The minimum atomic E-state index is 0.345. The van der Waals surface area contributed by atoms with Crippen molar-refractivity contribution in [3.8, 4) is 11.3 Å². The van der Waals surface area contributed by atoms with E-state index in [1.807, 2.05) is 6.07 Å². The molecule has 0 bridgehead atoms. The van der Waals surface area contributed by atoms with Gasteiger partial charge in [-0.25, -0.2) is 9.97 Å². The lowest BCUT2D eigenvalue weighted by Gasteiger charge is -2.11. The summed E-state index contributed by atoms with van der Waals surface area (Å²) in [6.07, 6.45) is 1.76. The molecule has 0 aliphatic heterocycles. The summed E-state index contributed by atoms with van der Waals surface area (Å²) in [6, 6.07) is 6.27. The third-order valence-corrected chi connectivity index (χ3v) is 3.00. The summed E-state index contributed by atoms with van der Waals surface area (Å²) in [4.78, 5) is 8.59. The maximum absolute atomic E-state index is 5.77. The predicted octanol–water partition coefficient (Wildman–Crippen LogP) is 3.81. The van der Waals surface area contributed by atoms with E-state index < -0.39 is 0 Å². The van der Waals surface area contributed by atoms with Crippen molar-refractivity contribution in [3.63, 3.8) is 0 Å². The number of hydrogen-bond acceptors (Lipinski definition) is 2. The number of hydrogen-bond donors (Lipinski definition) is 0. The summed E-state index contributed by atoms with van der Waals surface area (Å²) in [5.41, 5.74) is 5.88. The smallest absolute Gasteiger partial charge is 0.143 e. The number of aryl methyl sites for hydroxylation is 3. The first-order chi connectivity index (χ1) is 8.11. The number of rotatable bonds is 2. The molecule has 88 valence electrons. The van der Waals surface area contributed by atoms with Gasteiger partial charge in [0.05, 0.1) is 11.6 Å². The van der Waals surface area contributed by atoms with Gasteiger partial charge in [-0.1, -0.05) is 17.7 Å². The van der Waals surface area contributed by atoms with Gasteiger partial charge in [-0.3, -0.25) is 0 Å². The largest absolute Gasteiger partial charge is 0.240 e. The van der Waals surface area contributed by atoms with Crippen LogP contribution in [-0.4, -0.2) is 9.97 Å². The van der Waals surface area contributed by atoms with E-state index >= 15 is 0 Å².